The van der Waals surface area contributed by atoms with Crippen LogP contribution >= 0.6 is 0 Å². The van der Waals surface area contributed by atoms with Gasteiger partial charge in [-0.2, -0.15) is 0 Å². The number of hydrogen-bond donors (Lipinski definition) is 1. The average Bonchev–Trinajstić information content (AvgIpc) is 2.82. The number of benzene rings is 2. The van der Waals surface area contributed by atoms with Crippen LogP contribution in [0.3, 0.4) is 0 Å². The molecular formula is C16H15NO. The molecular weight excluding hydrogens is 222 g/mol. The maximum atomic E-state index is 12.0. The second-order valence-corrected chi connectivity index (χ2v) is 4.71. The molecule has 1 amide bonds. The molecule has 2 heteroatoms. The van der Waals surface area contributed by atoms with Crippen LogP contribution in [0.15, 0.2) is 54.6 Å². The smallest absolute Gasteiger partial charge is 0.251 e. The molecule has 0 saturated carbocycles. The van der Waals surface area contributed by atoms with E-state index in [0.29, 0.717) is 0 Å². The van der Waals surface area contributed by atoms with Gasteiger partial charge in [-0.3, -0.25) is 4.79 Å². The highest BCUT2D eigenvalue weighted by atomic mass is 16.1. The fraction of sp³-hybridized carbons (Fsp3) is 0.188. The number of amides is 1. The molecule has 2 nitrogen and oxygen atoms in total. The standard InChI is InChI=1S/C16H15NO/c18-16(12-6-2-1-3-7-12)17-15-10-13-8-4-5-9-14(13)11-15/h1-9,15H,10-11H2,(H,17,18). The minimum atomic E-state index is 0.0217. The summed E-state index contributed by atoms with van der Waals surface area (Å²) in [6.45, 7) is 0. The number of carbonyl (C=O) groups excluding carboxylic acids is 1. The monoisotopic (exact) mass is 237 g/mol. The van der Waals surface area contributed by atoms with Gasteiger partial charge in [-0.25, -0.2) is 0 Å². The Kier molecular flexibility index (Phi) is 2.85. The van der Waals surface area contributed by atoms with E-state index in [2.05, 4.69) is 29.6 Å². The molecule has 0 aliphatic heterocycles. The Morgan fingerprint density at radius 3 is 2.06 bits per heavy atom. The van der Waals surface area contributed by atoms with Crippen molar-refractivity contribution in [2.75, 3.05) is 0 Å². The lowest BCUT2D eigenvalue weighted by atomic mass is 10.1. The summed E-state index contributed by atoms with van der Waals surface area (Å²) in [5.41, 5.74) is 3.44. The minimum absolute atomic E-state index is 0.0217. The normalized spacial score (nSPS) is 14.2. The molecule has 0 heterocycles. The first-order chi connectivity index (χ1) is 8.83. The van der Waals surface area contributed by atoms with Gasteiger partial charge >= 0.3 is 0 Å². The SMILES string of the molecule is O=C(NC1Cc2ccccc2C1)c1ccccc1. The van der Waals surface area contributed by atoms with Crippen molar-refractivity contribution in [3.05, 3.63) is 71.3 Å². The molecule has 0 saturated heterocycles. The summed E-state index contributed by atoms with van der Waals surface area (Å²) in [6, 6.07) is 18.0. The predicted octanol–water partition coefficient (Wildman–Crippen LogP) is 2.58. The highest BCUT2D eigenvalue weighted by Gasteiger charge is 2.22. The summed E-state index contributed by atoms with van der Waals surface area (Å²) in [4.78, 5) is 12.0. The molecule has 1 aliphatic rings. The van der Waals surface area contributed by atoms with Crippen LogP contribution in [0.4, 0.5) is 0 Å². The number of carbonyl (C=O) groups is 1. The number of fused-ring (bicyclic) bond motifs is 1. The van der Waals surface area contributed by atoms with Crippen molar-refractivity contribution in [1.82, 2.24) is 5.32 Å². The zero-order valence-corrected chi connectivity index (χ0v) is 10.1. The molecule has 0 radical (unpaired) electrons. The Morgan fingerprint density at radius 2 is 1.44 bits per heavy atom. The van der Waals surface area contributed by atoms with Crippen LogP contribution in [0.2, 0.25) is 0 Å². The van der Waals surface area contributed by atoms with E-state index < -0.39 is 0 Å². The summed E-state index contributed by atoms with van der Waals surface area (Å²) in [7, 11) is 0. The van der Waals surface area contributed by atoms with Gasteiger partial charge in [0, 0.05) is 11.6 Å². The Morgan fingerprint density at radius 1 is 0.889 bits per heavy atom. The van der Waals surface area contributed by atoms with Crippen molar-refractivity contribution >= 4 is 5.91 Å². The van der Waals surface area contributed by atoms with Crippen molar-refractivity contribution in [2.45, 2.75) is 18.9 Å². The van der Waals surface area contributed by atoms with Crippen LogP contribution in [0.25, 0.3) is 0 Å². The summed E-state index contributed by atoms with van der Waals surface area (Å²) in [6.07, 6.45) is 1.88. The van der Waals surface area contributed by atoms with Gasteiger partial charge in [0.15, 0.2) is 0 Å². The average molecular weight is 237 g/mol. The van der Waals surface area contributed by atoms with E-state index in [1.165, 1.54) is 11.1 Å². The van der Waals surface area contributed by atoms with E-state index >= 15 is 0 Å². The lowest BCUT2D eigenvalue weighted by Gasteiger charge is -2.11. The van der Waals surface area contributed by atoms with Crippen LogP contribution < -0.4 is 5.32 Å². The fourth-order valence-electron chi connectivity index (χ4n) is 2.52. The van der Waals surface area contributed by atoms with Gasteiger partial charge in [0.25, 0.3) is 5.91 Å². The molecule has 0 aromatic heterocycles. The molecule has 1 aliphatic carbocycles. The highest BCUT2D eigenvalue weighted by Crippen LogP contribution is 2.21. The zero-order valence-electron chi connectivity index (χ0n) is 10.1. The number of hydrogen-bond acceptors (Lipinski definition) is 1. The third kappa shape index (κ3) is 2.14. The van der Waals surface area contributed by atoms with Crippen LogP contribution in [0.1, 0.15) is 21.5 Å². The third-order valence-electron chi connectivity index (χ3n) is 3.42. The fourth-order valence-corrected chi connectivity index (χ4v) is 2.52. The van der Waals surface area contributed by atoms with Crippen molar-refractivity contribution in [3.8, 4) is 0 Å². The molecule has 0 fully saturated rings. The Balaban J connectivity index is 1.68. The Labute approximate surface area is 107 Å². The Bertz CT molecular complexity index is 537. The quantitative estimate of drug-likeness (QED) is 0.854. The van der Waals surface area contributed by atoms with E-state index in [-0.39, 0.29) is 11.9 Å². The molecule has 0 bridgehead atoms. The molecule has 2 aromatic carbocycles. The second kappa shape index (κ2) is 4.65. The first-order valence-corrected chi connectivity index (χ1v) is 6.25. The largest absolute Gasteiger partial charge is 0.349 e. The van der Waals surface area contributed by atoms with E-state index in [4.69, 9.17) is 0 Å². The van der Waals surface area contributed by atoms with Gasteiger partial charge in [-0.1, -0.05) is 42.5 Å². The number of rotatable bonds is 2. The lowest BCUT2D eigenvalue weighted by molar-refractivity contribution is 0.0938. The zero-order chi connectivity index (χ0) is 12.4. The van der Waals surface area contributed by atoms with Gasteiger partial charge in [0.05, 0.1) is 0 Å². The molecule has 0 unspecified atom stereocenters. The van der Waals surface area contributed by atoms with Crippen molar-refractivity contribution in [1.29, 1.82) is 0 Å². The van der Waals surface area contributed by atoms with E-state index in [9.17, 15) is 4.79 Å². The molecule has 0 spiro atoms. The maximum absolute atomic E-state index is 12.0. The van der Waals surface area contributed by atoms with Gasteiger partial charge in [0.2, 0.25) is 0 Å². The minimum Gasteiger partial charge on any atom is -0.349 e. The molecule has 3 rings (SSSR count). The summed E-state index contributed by atoms with van der Waals surface area (Å²) in [5.74, 6) is 0.0217. The van der Waals surface area contributed by atoms with E-state index in [1.807, 2.05) is 30.3 Å². The first kappa shape index (κ1) is 11.0. The van der Waals surface area contributed by atoms with Gasteiger partial charge in [-0.15, -0.1) is 0 Å². The van der Waals surface area contributed by atoms with Gasteiger partial charge in [0.1, 0.15) is 0 Å². The maximum Gasteiger partial charge on any atom is 0.251 e. The summed E-state index contributed by atoms with van der Waals surface area (Å²) in [5, 5.41) is 3.10. The molecule has 90 valence electrons. The van der Waals surface area contributed by atoms with Crippen molar-refractivity contribution in [3.63, 3.8) is 0 Å². The lowest BCUT2D eigenvalue weighted by Crippen LogP contribution is -2.35. The van der Waals surface area contributed by atoms with Crippen molar-refractivity contribution < 1.29 is 4.79 Å². The molecule has 0 atom stereocenters. The Hall–Kier alpha value is -2.09. The van der Waals surface area contributed by atoms with Gasteiger partial charge in [-0.05, 0) is 36.1 Å². The number of nitrogens with one attached hydrogen (secondary N) is 1. The topological polar surface area (TPSA) is 29.1 Å². The molecule has 2 aromatic rings. The van der Waals surface area contributed by atoms with Gasteiger partial charge < -0.3 is 5.32 Å². The van der Waals surface area contributed by atoms with Crippen LogP contribution in [0, 0.1) is 0 Å². The highest BCUT2D eigenvalue weighted by molar-refractivity contribution is 5.94. The van der Waals surface area contributed by atoms with Crippen LogP contribution in [0.5, 0.6) is 0 Å². The van der Waals surface area contributed by atoms with Crippen LogP contribution in [-0.4, -0.2) is 11.9 Å². The predicted molar refractivity (Wildman–Crippen MR) is 71.5 cm³/mol. The second-order valence-electron chi connectivity index (χ2n) is 4.71. The molecule has 1 N–H and O–H groups in total. The van der Waals surface area contributed by atoms with E-state index in [0.717, 1.165) is 18.4 Å². The summed E-state index contributed by atoms with van der Waals surface area (Å²) >= 11 is 0. The summed E-state index contributed by atoms with van der Waals surface area (Å²) < 4.78 is 0. The van der Waals surface area contributed by atoms with Crippen LogP contribution in [-0.2, 0) is 12.8 Å². The first-order valence-electron chi connectivity index (χ1n) is 6.25. The molecule has 18 heavy (non-hydrogen) atoms. The van der Waals surface area contributed by atoms with E-state index in [1.54, 1.807) is 0 Å². The van der Waals surface area contributed by atoms with Crippen molar-refractivity contribution in [2.24, 2.45) is 0 Å². The third-order valence-corrected chi connectivity index (χ3v) is 3.42.